The standard InChI is InChI=1S/C11H8BrN3O3/c12-10-8(4-3-5-9(10)15(17)18)11(16)13-14-6-1-2-7-14/h1-7H,(H,13,16). The van der Waals surface area contributed by atoms with Gasteiger partial charge in [-0.25, -0.2) is 0 Å². The van der Waals surface area contributed by atoms with E-state index in [0.717, 1.165) is 0 Å². The van der Waals surface area contributed by atoms with Gasteiger partial charge in [0, 0.05) is 18.5 Å². The second-order valence-corrected chi connectivity index (χ2v) is 4.22. The minimum Gasteiger partial charge on any atom is -0.268 e. The van der Waals surface area contributed by atoms with Crippen LogP contribution in [0.1, 0.15) is 10.4 Å². The van der Waals surface area contributed by atoms with E-state index in [9.17, 15) is 14.9 Å². The highest BCUT2D eigenvalue weighted by Crippen LogP contribution is 2.28. The van der Waals surface area contributed by atoms with Gasteiger partial charge in [0.05, 0.1) is 10.5 Å². The summed E-state index contributed by atoms with van der Waals surface area (Å²) in [5, 5.41) is 10.8. The number of benzene rings is 1. The highest BCUT2D eigenvalue weighted by Gasteiger charge is 2.19. The first-order chi connectivity index (χ1) is 8.59. The summed E-state index contributed by atoms with van der Waals surface area (Å²) < 4.78 is 1.63. The van der Waals surface area contributed by atoms with Crippen molar-refractivity contribution < 1.29 is 9.72 Å². The van der Waals surface area contributed by atoms with Gasteiger partial charge in [0.2, 0.25) is 0 Å². The minimum absolute atomic E-state index is 0.143. The van der Waals surface area contributed by atoms with Crippen molar-refractivity contribution in [2.75, 3.05) is 5.43 Å². The fraction of sp³-hybridized carbons (Fsp3) is 0. The van der Waals surface area contributed by atoms with Crippen LogP contribution in [0.5, 0.6) is 0 Å². The third kappa shape index (κ3) is 2.40. The molecule has 0 saturated heterocycles. The summed E-state index contributed by atoms with van der Waals surface area (Å²) in [7, 11) is 0. The number of halogens is 1. The van der Waals surface area contributed by atoms with Gasteiger partial charge in [-0.15, -0.1) is 0 Å². The number of carbonyl (C=O) groups excluding carboxylic acids is 1. The lowest BCUT2D eigenvalue weighted by Crippen LogP contribution is -2.21. The SMILES string of the molecule is O=C(Nn1cccc1)c1cccc([N+](=O)[O-])c1Br. The van der Waals surface area contributed by atoms with Crippen LogP contribution in [0.25, 0.3) is 0 Å². The summed E-state index contributed by atoms with van der Waals surface area (Å²) in [6, 6.07) is 7.81. The fourth-order valence-electron chi connectivity index (χ4n) is 1.42. The number of carbonyl (C=O) groups is 1. The average molecular weight is 310 g/mol. The predicted octanol–water partition coefficient (Wildman–Crippen LogP) is 2.54. The molecule has 1 heterocycles. The molecule has 18 heavy (non-hydrogen) atoms. The number of nitro groups is 1. The maximum absolute atomic E-state index is 11.9. The van der Waals surface area contributed by atoms with Gasteiger partial charge in [-0.1, -0.05) is 6.07 Å². The summed E-state index contributed by atoms with van der Waals surface area (Å²) in [4.78, 5) is 22.1. The Kier molecular flexibility index (Phi) is 3.42. The topological polar surface area (TPSA) is 77.2 Å². The average Bonchev–Trinajstić information content (AvgIpc) is 2.81. The van der Waals surface area contributed by atoms with Crippen molar-refractivity contribution in [2.24, 2.45) is 0 Å². The van der Waals surface area contributed by atoms with E-state index in [-0.39, 0.29) is 15.7 Å². The van der Waals surface area contributed by atoms with Crippen LogP contribution in [0.15, 0.2) is 47.2 Å². The summed E-state index contributed by atoms with van der Waals surface area (Å²) >= 11 is 3.07. The Morgan fingerprint density at radius 3 is 2.56 bits per heavy atom. The Bertz CT molecular complexity index is 596. The smallest absolute Gasteiger partial charge is 0.268 e. The largest absolute Gasteiger partial charge is 0.284 e. The van der Waals surface area contributed by atoms with Gasteiger partial charge in [0.1, 0.15) is 4.47 Å². The molecule has 1 aromatic heterocycles. The van der Waals surface area contributed by atoms with Gasteiger partial charge in [0.25, 0.3) is 11.6 Å². The number of hydrogen-bond acceptors (Lipinski definition) is 3. The maximum Gasteiger partial charge on any atom is 0.284 e. The molecule has 92 valence electrons. The molecule has 6 nitrogen and oxygen atoms in total. The molecular formula is C11H8BrN3O3. The molecule has 1 N–H and O–H groups in total. The number of amides is 1. The molecular weight excluding hydrogens is 302 g/mol. The van der Waals surface area contributed by atoms with E-state index in [1.54, 1.807) is 24.5 Å². The number of nitrogens with one attached hydrogen (secondary N) is 1. The van der Waals surface area contributed by atoms with Crippen LogP contribution in [0.4, 0.5) is 5.69 Å². The first-order valence-electron chi connectivity index (χ1n) is 4.97. The minimum atomic E-state index is -0.545. The molecule has 0 aliphatic heterocycles. The highest BCUT2D eigenvalue weighted by atomic mass is 79.9. The predicted molar refractivity (Wildman–Crippen MR) is 68.9 cm³/mol. The molecule has 0 unspecified atom stereocenters. The molecule has 0 radical (unpaired) electrons. The zero-order valence-electron chi connectivity index (χ0n) is 9.04. The van der Waals surface area contributed by atoms with Crippen molar-refractivity contribution in [2.45, 2.75) is 0 Å². The van der Waals surface area contributed by atoms with Crippen LogP contribution in [-0.4, -0.2) is 15.5 Å². The monoisotopic (exact) mass is 309 g/mol. The normalized spacial score (nSPS) is 10.1. The molecule has 7 heteroatoms. The van der Waals surface area contributed by atoms with E-state index in [4.69, 9.17) is 0 Å². The number of hydrogen-bond donors (Lipinski definition) is 1. The van der Waals surface area contributed by atoms with Gasteiger partial charge in [-0.05, 0) is 34.1 Å². The van der Waals surface area contributed by atoms with Crippen LogP contribution in [-0.2, 0) is 0 Å². The van der Waals surface area contributed by atoms with Crippen molar-refractivity contribution in [3.05, 3.63) is 62.9 Å². The van der Waals surface area contributed by atoms with E-state index in [1.807, 2.05) is 0 Å². The molecule has 0 fully saturated rings. The number of aromatic nitrogens is 1. The summed E-state index contributed by atoms with van der Waals surface area (Å²) in [5.74, 6) is -0.429. The van der Waals surface area contributed by atoms with E-state index < -0.39 is 10.8 Å². The molecule has 0 bridgehead atoms. The molecule has 0 spiro atoms. The van der Waals surface area contributed by atoms with Crippen LogP contribution in [0.3, 0.4) is 0 Å². The molecule has 0 atom stereocenters. The second kappa shape index (κ2) is 5.01. The van der Waals surface area contributed by atoms with Crippen LogP contribution >= 0.6 is 15.9 Å². The van der Waals surface area contributed by atoms with Crippen molar-refractivity contribution in [3.63, 3.8) is 0 Å². The summed E-state index contributed by atoms with van der Waals surface area (Å²) in [6.45, 7) is 0. The number of nitrogens with zero attached hydrogens (tertiary/aromatic N) is 2. The van der Waals surface area contributed by atoms with Crippen molar-refractivity contribution in [1.82, 2.24) is 4.68 Å². The van der Waals surface area contributed by atoms with Gasteiger partial charge >= 0.3 is 0 Å². The Balaban J connectivity index is 2.31. The van der Waals surface area contributed by atoms with Crippen LogP contribution in [0, 0.1) is 10.1 Å². The molecule has 1 amide bonds. The van der Waals surface area contributed by atoms with Crippen molar-refractivity contribution in [1.29, 1.82) is 0 Å². The lowest BCUT2D eigenvalue weighted by Gasteiger charge is -2.07. The third-order valence-electron chi connectivity index (χ3n) is 2.25. The van der Waals surface area contributed by atoms with E-state index in [2.05, 4.69) is 21.4 Å². The zero-order valence-corrected chi connectivity index (χ0v) is 10.6. The molecule has 0 aliphatic rings. The molecule has 0 aliphatic carbocycles. The Hall–Kier alpha value is -2.15. The first-order valence-corrected chi connectivity index (χ1v) is 5.76. The van der Waals surface area contributed by atoms with E-state index in [0.29, 0.717) is 0 Å². The Morgan fingerprint density at radius 1 is 1.28 bits per heavy atom. The first kappa shape index (κ1) is 12.3. The quantitative estimate of drug-likeness (QED) is 0.699. The number of nitro benzene ring substituents is 1. The second-order valence-electron chi connectivity index (χ2n) is 3.43. The van der Waals surface area contributed by atoms with Gasteiger partial charge in [-0.3, -0.25) is 25.0 Å². The Morgan fingerprint density at radius 2 is 1.94 bits per heavy atom. The van der Waals surface area contributed by atoms with Crippen LogP contribution in [0.2, 0.25) is 0 Å². The zero-order chi connectivity index (χ0) is 13.1. The highest BCUT2D eigenvalue weighted by molar-refractivity contribution is 9.10. The molecule has 2 aromatic rings. The lowest BCUT2D eigenvalue weighted by atomic mass is 10.2. The fourth-order valence-corrected chi connectivity index (χ4v) is 2.01. The molecule has 2 rings (SSSR count). The van der Waals surface area contributed by atoms with Gasteiger partial charge in [-0.2, -0.15) is 0 Å². The third-order valence-corrected chi connectivity index (χ3v) is 3.09. The molecule has 0 saturated carbocycles. The number of rotatable bonds is 3. The summed E-state index contributed by atoms with van der Waals surface area (Å²) in [5.41, 5.74) is 2.63. The Labute approximate surface area is 110 Å². The van der Waals surface area contributed by atoms with Crippen molar-refractivity contribution in [3.8, 4) is 0 Å². The van der Waals surface area contributed by atoms with Gasteiger partial charge < -0.3 is 0 Å². The van der Waals surface area contributed by atoms with E-state index in [1.165, 1.54) is 22.9 Å². The summed E-state index contributed by atoms with van der Waals surface area (Å²) in [6.07, 6.45) is 3.31. The van der Waals surface area contributed by atoms with Crippen molar-refractivity contribution >= 4 is 27.5 Å². The lowest BCUT2D eigenvalue weighted by molar-refractivity contribution is -0.385. The van der Waals surface area contributed by atoms with E-state index >= 15 is 0 Å². The maximum atomic E-state index is 11.9. The molecule has 1 aromatic carbocycles. The van der Waals surface area contributed by atoms with Gasteiger partial charge in [0.15, 0.2) is 0 Å². The van der Waals surface area contributed by atoms with Crippen LogP contribution < -0.4 is 5.43 Å².